The summed E-state index contributed by atoms with van der Waals surface area (Å²) in [5.41, 5.74) is 0.900. The maximum Gasteiger partial charge on any atom is 0.326 e. The smallest absolute Gasteiger partial charge is 0.326 e. The van der Waals surface area contributed by atoms with Gasteiger partial charge in [-0.1, -0.05) is 31.0 Å². The highest BCUT2D eigenvalue weighted by atomic mass is 16.5. The molecule has 4 atom stereocenters. The topological polar surface area (TPSA) is 66.8 Å². The molecule has 4 rings (SSSR count). The van der Waals surface area contributed by atoms with E-state index in [1.54, 1.807) is 4.90 Å². The van der Waals surface area contributed by atoms with Crippen molar-refractivity contribution in [2.45, 2.75) is 56.5 Å². The van der Waals surface area contributed by atoms with Gasteiger partial charge in [0.2, 0.25) is 5.91 Å². The van der Waals surface area contributed by atoms with Gasteiger partial charge in [0, 0.05) is 11.6 Å². The third-order valence-corrected chi connectivity index (χ3v) is 5.88. The van der Waals surface area contributed by atoms with E-state index in [2.05, 4.69) is 0 Å². The Hall–Kier alpha value is -2.04. The molecule has 24 heavy (non-hydrogen) atoms. The van der Waals surface area contributed by atoms with Crippen molar-refractivity contribution in [3.63, 3.8) is 0 Å². The summed E-state index contributed by atoms with van der Waals surface area (Å²) in [7, 11) is 0. The highest BCUT2D eigenvalue weighted by Crippen LogP contribution is 2.43. The molecule has 5 nitrogen and oxygen atoms in total. The predicted octanol–water partition coefficient (Wildman–Crippen LogP) is 2.80. The van der Waals surface area contributed by atoms with E-state index in [1.807, 2.05) is 24.3 Å². The van der Waals surface area contributed by atoms with Gasteiger partial charge in [-0.05, 0) is 37.7 Å². The molecule has 1 amide bonds. The molecule has 0 spiro atoms. The Labute approximate surface area is 141 Å². The summed E-state index contributed by atoms with van der Waals surface area (Å²) in [5, 5.41) is 9.65. The second-order valence-electron chi connectivity index (χ2n) is 7.17. The Kier molecular flexibility index (Phi) is 3.94. The Morgan fingerprint density at radius 3 is 2.75 bits per heavy atom. The van der Waals surface area contributed by atoms with E-state index in [0.717, 1.165) is 37.0 Å². The lowest BCUT2D eigenvalue weighted by Gasteiger charge is -2.36. The molecular weight excluding hydrogens is 306 g/mol. The van der Waals surface area contributed by atoms with E-state index in [1.165, 1.54) is 0 Å². The first kappa shape index (κ1) is 15.5. The van der Waals surface area contributed by atoms with Gasteiger partial charge in [0.25, 0.3) is 0 Å². The average molecular weight is 329 g/mol. The number of nitrogens with zero attached hydrogens (tertiary/aromatic N) is 1. The molecule has 0 aromatic heterocycles. The molecule has 128 valence electrons. The number of benzene rings is 1. The number of hydrogen-bond donors (Lipinski definition) is 1. The van der Waals surface area contributed by atoms with E-state index < -0.39 is 12.0 Å². The molecule has 1 saturated heterocycles. The van der Waals surface area contributed by atoms with Gasteiger partial charge in [-0.2, -0.15) is 0 Å². The van der Waals surface area contributed by atoms with Gasteiger partial charge in [-0.3, -0.25) is 4.79 Å². The van der Waals surface area contributed by atoms with Crippen molar-refractivity contribution >= 4 is 11.9 Å². The summed E-state index contributed by atoms with van der Waals surface area (Å²) in [6, 6.07) is 7.06. The molecule has 2 fully saturated rings. The van der Waals surface area contributed by atoms with Gasteiger partial charge in [0.05, 0.1) is 12.5 Å². The van der Waals surface area contributed by atoms with Gasteiger partial charge in [0.15, 0.2) is 0 Å². The first-order valence-corrected chi connectivity index (χ1v) is 8.93. The van der Waals surface area contributed by atoms with E-state index in [-0.39, 0.29) is 17.9 Å². The second kappa shape index (κ2) is 6.11. The van der Waals surface area contributed by atoms with Gasteiger partial charge < -0.3 is 14.7 Å². The summed E-state index contributed by atoms with van der Waals surface area (Å²) in [5.74, 6) is -0.0598. The summed E-state index contributed by atoms with van der Waals surface area (Å²) in [6.07, 6.45) is 5.44. The highest BCUT2D eigenvalue weighted by Gasteiger charge is 2.49. The maximum absolute atomic E-state index is 13.3. The fourth-order valence-electron chi connectivity index (χ4n) is 4.78. The SMILES string of the molecule is O=C(O)[C@@H]1C[C@@H]2CCCC[C@H]2N1C(=O)[C@@H]1CCOc2ccccc21. The monoisotopic (exact) mass is 329 g/mol. The van der Waals surface area contributed by atoms with Crippen molar-refractivity contribution in [1.29, 1.82) is 0 Å². The van der Waals surface area contributed by atoms with Crippen LogP contribution in [0.5, 0.6) is 5.75 Å². The lowest BCUT2D eigenvalue weighted by atomic mass is 9.84. The number of hydrogen-bond acceptors (Lipinski definition) is 3. The number of carbonyl (C=O) groups is 2. The third kappa shape index (κ3) is 2.46. The van der Waals surface area contributed by atoms with Gasteiger partial charge >= 0.3 is 5.97 Å². The number of ether oxygens (including phenoxy) is 1. The van der Waals surface area contributed by atoms with Crippen LogP contribution in [0.2, 0.25) is 0 Å². The highest BCUT2D eigenvalue weighted by molar-refractivity contribution is 5.90. The molecule has 0 bridgehead atoms. The van der Waals surface area contributed by atoms with E-state index in [9.17, 15) is 14.7 Å². The molecule has 0 radical (unpaired) electrons. The minimum Gasteiger partial charge on any atom is -0.493 e. The van der Waals surface area contributed by atoms with Crippen LogP contribution in [-0.2, 0) is 9.59 Å². The Morgan fingerprint density at radius 1 is 1.12 bits per heavy atom. The number of rotatable bonds is 2. The Balaban J connectivity index is 1.66. The van der Waals surface area contributed by atoms with Crippen molar-refractivity contribution in [3.8, 4) is 5.75 Å². The number of aliphatic carboxylic acids is 1. The second-order valence-corrected chi connectivity index (χ2v) is 7.17. The number of likely N-dealkylation sites (tertiary alicyclic amines) is 1. The molecule has 0 unspecified atom stereocenters. The minimum absolute atomic E-state index is 0.0208. The van der Waals surface area contributed by atoms with Crippen LogP contribution in [0.15, 0.2) is 24.3 Å². The summed E-state index contributed by atoms with van der Waals surface area (Å²) in [4.78, 5) is 26.8. The van der Waals surface area contributed by atoms with Crippen molar-refractivity contribution in [3.05, 3.63) is 29.8 Å². The fourth-order valence-corrected chi connectivity index (χ4v) is 4.78. The standard InChI is InChI=1S/C19H23NO4/c21-18(14-9-10-24-17-8-4-2-6-13(14)17)20-15-7-3-1-5-12(15)11-16(20)19(22)23/h2,4,6,8,12,14-16H,1,3,5,7,9-11H2,(H,22,23)/t12-,14+,15+,16-/m0/s1. The molecule has 2 heterocycles. The normalized spacial score (nSPS) is 31.8. The predicted molar refractivity (Wildman–Crippen MR) is 87.9 cm³/mol. The third-order valence-electron chi connectivity index (χ3n) is 5.88. The zero-order valence-electron chi connectivity index (χ0n) is 13.7. The van der Waals surface area contributed by atoms with Crippen LogP contribution >= 0.6 is 0 Å². The molecule has 3 aliphatic rings. The van der Waals surface area contributed by atoms with E-state index >= 15 is 0 Å². The van der Waals surface area contributed by atoms with Crippen molar-refractivity contribution < 1.29 is 19.4 Å². The molecule has 1 N–H and O–H groups in total. The van der Waals surface area contributed by atoms with Gasteiger partial charge in [0.1, 0.15) is 11.8 Å². The quantitative estimate of drug-likeness (QED) is 0.906. The first-order valence-electron chi connectivity index (χ1n) is 8.93. The minimum atomic E-state index is -0.863. The molecular formula is C19H23NO4. The molecule has 1 aromatic carbocycles. The molecule has 5 heteroatoms. The Morgan fingerprint density at radius 2 is 1.92 bits per heavy atom. The van der Waals surface area contributed by atoms with E-state index in [4.69, 9.17) is 4.74 Å². The van der Waals surface area contributed by atoms with Crippen LogP contribution in [0.25, 0.3) is 0 Å². The fraction of sp³-hybridized carbons (Fsp3) is 0.579. The van der Waals surface area contributed by atoms with Crippen LogP contribution < -0.4 is 4.74 Å². The number of para-hydroxylation sites is 1. The number of carbonyl (C=O) groups excluding carboxylic acids is 1. The Bertz CT molecular complexity index is 659. The van der Waals surface area contributed by atoms with Crippen molar-refractivity contribution in [1.82, 2.24) is 4.90 Å². The van der Waals surface area contributed by atoms with Crippen LogP contribution in [-0.4, -0.2) is 40.6 Å². The molecule has 2 aliphatic heterocycles. The zero-order valence-corrected chi connectivity index (χ0v) is 13.7. The largest absolute Gasteiger partial charge is 0.493 e. The summed E-state index contributed by atoms with van der Waals surface area (Å²) >= 11 is 0. The average Bonchev–Trinajstić information content (AvgIpc) is 3.00. The summed E-state index contributed by atoms with van der Waals surface area (Å²) in [6.45, 7) is 0.507. The van der Waals surface area contributed by atoms with Crippen molar-refractivity contribution in [2.24, 2.45) is 5.92 Å². The number of fused-ring (bicyclic) bond motifs is 2. The molecule has 1 aromatic rings. The van der Waals surface area contributed by atoms with Crippen LogP contribution in [0.1, 0.15) is 50.0 Å². The van der Waals surface area contributed by atoms with Crippen molar-refractivity contribution in [2.75, 3.05) is 6.61 Å². The van der Waals surface area contributed by atoms with Crippen LogP contribution in [0.3, 0.4) is 0 Å². The number of carboxylic acid groups (broad SMARTS) is 1. The van der Waals surface area contributed by atoms with E-state index in [0.29, 0.717) is 25.4 Å². The van der Waals surface area contributed by atoms with Crippen LogP contribution in [0, 0.1) is 5.92 Å². The zero-order chi connectivity index (χ0) is 16.7. The maximum atomic E-state index is 13.3. The first-order chi connectivity index (χ1) is 11.7. The van der Waals surface area contributed by atoms with Gasteiger partial charge in [-0.25, -0.2) is 4.79 Å². The lowest BCUT2D eigenvalue weighted by molar-refractivity contribution is -0.150. The lowest BCUT2D eigenvalue weighted by Crippen LogP contribution is -2.48. The van der Waals surface area contributed by atoms with Crippen LogP contribution in [0.4, 0.5) is 0 Å². The molecule has 1 aliphatic carbocycles. The van der Waals surface area contributed by atoms with Gasteiger partial charge in [-0.15, -0.1) is 0 Å². The molecule has 1 saturated carbocycles. The number of carboxylic acids is 1. The number of amides is 1. The summed E-state index contributed by atoms with van der Waals surface area (Å²) < 4.78 is 5.66.